The molecule has 0 spiro atoms. The lowest BCUT2D eigenvalue weighted by molar-refractivity contribution is 0.0502. The van der Waals surface area contributed by atoms with Gasteiger partial charge >= 0.3 is 0 Å². The molecule has 0 aromatic carbocycles. The van der Waals surface area contributed by atoms with Gasteiger partial charge in [-0.3, -0.25) is 0 Å². The quantitative estimate of drug-likeness (QED) is 0.787. The molecular formula is C7H8ClF2NO. The summed E-state index contributed by atoms with van der Waals surface area (Å²) in [5.41, 5.74) is 3.52. The molecule has 0 aliphatic rings. The van der Waals surface area contributed by atoms with E-state index in [-0.39, 0.29) is 11.0 Å². The Morgan fingerprint density at radius 3 is 2.50 bits per heavy atom. The minimum atomic E-state index is -2.68. The summed E-state index contributed by atoms with van der Waals surface area (Å²) in [6, 6.07) is 2.72. The standard InChI is InChI=1S/C7H8ClF2NO/c1-7(11,6(9)10)4-2-3-5(8)12-4/h2-3,6H,11H2,1H3. The van der Waals surface area contributed by atoms with E-state index in [2.05, 4.69) is 0 Å². The van der Waals surface area contributed by atoms with Crippen LogP contribution in [0.5, 0.6) is 0 Å². The van der Waals surface area contributed by atoms with Crippen molar-refractivity contribution in [1.82, 2.24) is 0 Å². The normalized spacial score (nSPS) is 16.5. The second-order valence-corrected chi connectivity index (χ2v) is 3.06. The van der Waals surface area contributed by atoms with Gasteiger partial charge in [0.15, 0.2) is 5.22 Å². The van der Waals surface area contributed by atoms with Crippen LogP contribution in [0.15, 0.2) is 16.5 Å². The van der Waals surface area contributed by atoms with Gasteiger partial charge in [-0.1, -0.05) is 0 Å². The number of hydrogen-bond donors (Lipinski definition) is 1. The van der Waals surface area contributed by atoms with E-state index in [1.54, 1.807) is 0 Å². The van der Waals surface area contributed by atoms with E-state index in [1.807, 2.05) is 0 Å². The highest BCUT2D eigenvalue weighted by atomic mass is 35.5. The molecule has 0 saturated carbocycles. The summed E-state index contributed by atoms with van der Waals surface area (Å²) in [6.45, 7) is 1.19. The van der Waals surface area contributed by atoms with Crippen LogP contribution < -0.4 is 5.73 Å². The van der Waals surface area contributed by atoms with Gasteiger partial charge in [0.2, 0.25) is 0 Å². The monoisotopic (exact) mass is 195 g/mol. The van der Waals surface area contributed by atoms with E-state index in [1.165, 1.54) is 19.1 Å². The summed E-state index contributed by atoms with van der Waals surface area (Å²) in [4.78, 5) is 0. The van der Waals surface area contributed by atoms with Crippen molar-refractivity contribution >= 4 is 11.6 Å². The second kappa shape index (κ2) is 3.03. The van der Waals surface area contributed by atoms with Crippen LogP contribution in [0.4, 0.5) is 8.78 Å². The Morgan fingerprint density at radius 2 is 2.17 bits per heavy atom. The fraction of sp³-hybridized carbons (Fsp3) is 0.429. The van der Waals surface area contributed by atoms with Crippen LogP contribution in [0.1, 0.15) is 12.7 Å². The first kappa shape index (κ1) is 9.48. The Hall–Kier alpha value is -0.610. The topological polar surface area (TPSA) is 39.2 Å². The Labute approximate surface area is 73.3 Å². The van der Waals surface area contributed by atoms with Crippen LogP contribution in [0.2, 0.25) is 5.22 Å². The Morgan fingerprint density at radius 1 is 1.58 bits per heavy atom. The maximum atomic E-state index is 12.3. The number of halogens is 3. The highest BCUT2D eigenvalue weighted by Gasteiger charge is 2.35. The number of furan rings is 1. The van der Waals surface area contributed by atoms with Crippen molar-refractivity contribution in [1.29, 1.82) is 0 Å². The maximum Gasteiger partial charge on any atom is 0.263 e. The van der Waals surface area contributed by atoms with Gasteiger partial charge in [-0.2, -0.15) is 0 Å². The average Bonchev–Trinajstić information content (AvgIpc) is 2.35. The molecule has 1 unspecified atom stereocenters. The van der Waals surface area contributed by atoms with Crippen molar-refractivity contribution in [2.75, 3.05) is 0 Å². The zero-order valence-corrected chi connectivity index (χ0v) is 7.11. The first-order chi connectivity index (χ1) is 5.44. The van der Waals surface area contributed by atoms with E-state index >= 15 is 0 Å². The lowest BCUT2D eigenvalue weighted by Gasteiger charge is -2.20. The summed E-state index contributed by atoms with van der Waals surface area (Å²) < 4.78 is 29.3. The van der Waals surface area contributed by atoms with Crippen LogP contribution in [0.3, 0.4) is 0 Å². The van der Waals surface area contributed by atoms with Gasteiger partial charge in [0.05, 0.1) is 0 Å². The minimum Gasteiger partial charge on any atom is -0.448 e. The third kappa shape index (κ3) is 1.59. The summed E-state index contributed by atoms with van der Waals surface area (Å²) in [5, 5.41) is 0.0577. The van der Waals surface area contributed by atoms with Gasteiger partial charge in [0.1, 0.15) is 11.3 Å². The van der Waals surface area contributed by atoms with Crippen molar-refractivity contribution in [2.45, 2.75) is 18.9 Å². The van der Waals surface area contributed by atoms with E-state index in [4.69, 9.17) is 21.8 Å². The molecule has 2 nitrogen and oxygen atoms in total. The van der Waals surface area contributed by atoms with Crippen LogP contribution in [-0.4, -0.2) is 6.43 Å². The lowest BCUT2D eigenvalue weighted by Crippen LogP contribution is -2.40. The molecular weight excluding hydrogens is 188 g/mol. The van der Waals surface area contributed by atoms with E-state index < -0.39 is 12.0 Å². The number of rotatable bonds is 2. The van der Waals surface area contributed by atoms with E-state index in [0.29, 0.717) is 0 Å². The predicted molar refractivity (Wildman–Crippen MR) is 41.3 cm³/mol. The maximum absolute atomic E-state index is 12.3. The van der Waals surface area contributed by atoms with Crippen LogP contribution in [0.25, 0.3) is 0 Å². The molecule has 2 N–H and O–H groups in total. The Bertz CT molecular complexity index is 272. The Kier molecular flexibility index (Phi) is 2.39. The van der Waals surface area contributed by atoms with Crippen LogP contribution >= 0.6 is 11.6 Å². The molecule has 0 radical (unpaired) electrons. The summed E-state index contributed by atoms with van der Waals surface area (Å²) in [6.07, 6.45) is -2.68. The number of nitrogens with two attached hydrogens (primary N) is 1. The minimum absolute atomic E-state index is 0.0116. The molecule has 0 aliphatic carbocycles. The lowest BCUT2D eigenvalue weighted by atomic mass is 10.0. The molecule has 12 heavy (non-hydrogen) atoms. The van der Waals surface area contributed by atoms with Crippen molar-refractivity contribution in [3.63, 3.8) is 0 Å². The first-order valence-corrected chi connectivity index (χ1v) is 3.65. The molecule has 0 saturated heterocycles. The van der Waals surface area contributed by atoms with Crippen molar-refractivity contribution in [3.8, 4) is 0 Å². The van der Waals surface area contributed by atoms with Gasteiger partial charge in [0, 0.05) is 0 Å². The SMILES string of the molecule is CC(N)(c1ccc(Cl)o1)C(F)F. The molecule has 1 atom stereocenters. The molecule has 0 aliphatic heterocycles. The predicted octanol–water partition coefficient (Wildman–Crippen LogP) is 2.37. The summed E-state index contributed by atoms with van der Waals surface area (Å²) in [5.74, 6) is -0.0116. The van der Waals surface area contributed by atoms with Gasteiger partial charge in [-0.15, -0.1) is 0 Å². The van der Waals surface area contributed by atoms with Gasteiger partial charge < -0.3 is 10.2 Å². The van der Waals surface area contributed by atoms with Crippen LogP contribution in [0, 0.1) is 0 Å². The molecule has 0 bridgehead atoms. The summed E-state index contributed by atoms with van der Waals surface area (Å²) >= 11 is 5.40. The third-order valence-corrected chi connectivity index (χ3v) is 1.76. The molecule has 68 valence electrons. The van der Waals surface area contributed by atoms with Gasteiger partial charge in [0.25, 0.3) is 6.43 Å². The molecule has 1 heterocycles. The number of hydrogen-bond acceptors (Lipinski definition) is 2. The number of alkyl halides is 2. The largest absolute Gasteiger partial charge is 0.448 e. The van der Waals surface area contributed by atoms with Crippen molar-refractivity contribution < 1.29 is 13.2 Å². The summed E-state index contributed by atoms with van der Waals surface area (Å²) in [7, 11) is 0. The zero-order chi connectivity index (χ0) is 9.35. The fourth-order valence-electron chi connectivity index (χ4n) is 0.711. The molecule has 1 rings (SSSR count). The fourth-order valence-corrected chi connectivity index (χ4v) is 0.857. The highest BCUT2D eigenvalue weighted by Crippen LogP contribution is 2.28. The van der Waals surface area contributed by atoms with Gasteiger partial charge in [-0.25, -0.2) is 8.78 Å². The molecule has 0 amide bonds. The van der Waals surface area contributed by atoms with Crippen LogP contribution in [-0.2, 0) is 5.54 Å². The molecule has 1 aromatic rings. The average molecular weight is 196 g/mol. The van der Waals surface area contributed by atoms with E-state index in [9.17, 15) is 8.78 Å². The van der Waals surface area contributed by atoms with Crippen molar-refractivity contribution in [2.24, 2.45) is 5.73 Å². The van der Waals surface area contributed by atoms with E-state index in [0.717, 1.165) is 0 Å². The molecule has 5 heteroatoms. The Balaban J connectivity index is 2.97. The zero-order valence-electron chi connectivity index (χ0n) is 6.35. The van der Waals surface area contributed by atoms with Crippen molar-refractivity contribution in [3.05, 3.63) is 23.1 Å². The highest BCUT2D eigenvalue weighted by molar-refractivity contribution is 6.28. The second-order valence-electron chi connectivity index (χ2n) is 2.69. The van der Waals surface area contributed by atoms with Gasteiger partial charge in [-0.05, 0) is 30.7 Å². The molecule has 1 aromatic heterocycles. The molecule has 0 fully saturated rings. The third-order valence-electron chi connectivity index (χ3n) is 1.56. The smallest absolute Gasteiger partial charge is 0.263 e. The first-order valence-electron chi connectivity index (χ1n) is 3.27.